The Balaban J connectivity index is 1.33. The minimum Gasteiger partial charge on any atom is -0.361 e. The molecule has 0 N–H and O–H groups in total. The van der Waals surface area contributed by atoms with Gasteiger partial charge in [-0.2, -0.15) is 5.10 Å². The van der Waals surface area contributed by atoms with E-state index in [2.05, 4.69) is 22.2 Å². The molecule has 7 heteroatoms. The molecule has 0 atom stereocenters. The van der Waals surface area contributed by atoms with Crippen LogP contribution >= 0.6 is 0 Å². The van der Waals surface area contributed by atoms with Crippen molar-refractivity contribution in [3.63, 3.8) is 0 Å². The molecule has 3 heterocycles. The Labute approximate surface area is 193 Å². The molecule has 7 nitrogen and oxygen atoms in total. The average molecular weight is 442 g/mol. The highest BCUT2D eigenvalue weighted by atomic mass is 16.5. The molecule has 168 valence electrons. The molecule has 2 aromatic heterocycles. The summed E-state index contributed by atoms with van der Waals surface area (Å²) in [6, 6.07) is 22.1. The molecule has 5 rings (SSSR count). The molecule has 0 unspecified atom stereocenters. The smallest absolute Gasteiger partial charge is 0.257 e. The van der Waals surface area contributed by atoms with Crippen molar-refractivity contribution in [3.05, 3.63) is 95.5 Å². The second kappa shape index (κ2) is 9.42. The molecule has 2 aromatic carbocycles. The van der Waals surface area contributed by atoms with Gasteiger partial charge in [-0.1, -0.05) is 65.8 Å². The number of aromatic nitrogens is 3. The van der Waals surface area contributed by atoms with Gasteiger partial charge in [-0.15, -0.1) is 0 Å². The molecule has 1 aliphatic heterocycles. The number of carbonyl (C=O) groups excluding carboxylic acids is 1. The molecule has 0 spiro atoms. The van der Waals surface area contributed by atoms with Gasteiger partial charge in [0.1, 0.15) is 11.5 Å². The summed E-state index contributed by atoms with van der Waals surface area (Å²) in [5, 5.41) is 8.89. The van der Waals surface area contributed by atoms with E-state index in [9.17, 15) is 4.79 Å². The van der Waals surface area contributed by atoms with Crippen LogP contribution in [0, 0.1) is 6.92 Å². The van der Waals surface area contributed by atoms with E-state index in [0.29, 0.717) is 25.2 Å². The van der Waals surface area contributed by atoms with Gasteiger partial charge < -0.3 is 9.42 Å². The van der Waals surface area contributed by atoms with E-state index in [1.807, 2.05) is 77.3 Å². The lowest BCUT2D eigenvalue weighted by molar-refractivity contribution is 0.0626. The molecule has 0 bridgehead atoms. The van der Waals surface area contributed by atoms with Gasteiger partial charge >= 0.3 is 0 Å². The highest BCUT2D eigenvalue weighted by Gasteiger charge is 2.26. The largest absolute Gasteiger partial charge is 0.361 e. The first-order chi connectivity index (χ1) is 16.2. The van der Waals surface area contributed by atoms with E-state index < -0.39 is 0 Å². The minimum absolute atomic E-state index is 0.0325. The number of aryl methyl sites for hydroxylation is 1. The Morgan fingerprint density at radius 2 is 1.64 bits per heavy atom. The molecule has 33 heavy (non-hydrogen) atoms. The van der Waals surface area contributed by atoms with E-state index in [0.717, 1.165) is 47.9 Å². The van der Waals surface area contributed by atoms with Crippen LogP contribution in [0.1, 0.15) is 27.4 Å². The second-order valence-electron chi connectivity index (χ2n) is 8.44. The first-order valence-corrected chi connectivity index (χ1v) is 11.3. The minimum atomic E-state index is 0.0325. The molecule has 0 aliphatic carbocycles. The van der Waals surface area contributed by atoms with Crippen LogP contribution in [0.2, 0.25) is 0 Å². The fraction of sp³-hybridized carbons (Fsp3) is 0.269. The number of piperazine rings is 1. The third-order valence-corrected chi connectivity index (χ3v) is 5.95. The molecular weight excluding hydrogens is 414 g/mol. The van der Waals surface area contributed by atoms with E-state index >= 15 is 0 Å². The van der Waals surface area contributed by atoms with Crippen LogP contribution in [0.3, 0.4) is 0 Å². The zero-order valence-corrected chi connectivity index (χ0v) is 18.7. The fourth-order valence-corrected chi connectivity index (χ4v) is 4.24. The lowest BCUT2D eigenvalue weighted by Crippen LogP contribution is -2.48. The molecular formula is C26H27N5O2. The number of amides is 1. The molecule has 1 aliphatic rings. The predicted molar refractivity (Wildman–Crippen MR) is 126 cm³/mol. The van der Waals surface area contributed by atoms with Gasteiger partial charge in [-0.3, -0.25) is 14.4 Å². The average Bonchev–Trinajstić information content (AvgIpc) is 3.46. The Bertz CT molecular complexity index is 1210. The Hall–Kier alpha value is -3.71. The lowest BCUT2D eigenvalue weighted by Gasteiger charge is -2.34. The van der Waals surface area contributed by atoms with Crippen molar-refractivity contribution in [1.82, 2.24) is 24.7 Å². The van der Waals surface area contributed by atoms with Crippen molar-refractivity contribution in [2.24, 2.45) is 0 Å². The van der Waals surface area contributed by atoms with E-state index in [4.69, 9.17) is 9.62 Å². The van der Waals surface area contributed by atoms with Crippen molar-refractivity contribution in [3.8, 4) is 11.3 Å². The maximum atomic E-state index is 13.6. The second-order valence-corrected chi connectivity index (χ2v) is 8.44. The normalized spacial score (nSPS) is 14.5. The van der Waals surface area contributed by atoms with E-state index in [1.165, 1.54) is 0 Å². The van der Waals surface area contributed by atoms with Crippen LogP contribution in [0.15, 0.2) is 77.4 Å². The summed E-state index contributed by atoms with van der Waals surface area (Å²) in [6.07, 6.45) is 1.89. The summed E-state index contributed by atoms with van der Waals surface area (Å²) in [4.78, 5) is 17.8. The maximum absolute atomic E-state index is 13.6. The van der Waals surface area contributed by atoms with Crippen LogP contribution in [-0.2, 0) is 13.1 Å². The van der Waals surface area contributed by atoms with Gasteiger partial charge in [0.05, 0.1) is 17.8 Å². The Morgan fingerprint density at radius 1 is 0.939 bits per heavy atom. The monoisotopic (exact) mass is 441 g/mol. The van der Waals surface area contributed by atoms with E-state index in [1.54, 1.807) is 0 Å². The summed E-state index contributed by atoms with van der Waals surface area (Å²) >= 11 is 0. The van der Waals surface area contributed by atoms with Crippen molar-refractivity contribution >= 4 is 5.91 Å². The standard InChI is InChI=1S/C26H27N5O2/c1-20-16-23(28-33-20)18-29-12-14-30(15-13-29)26(32)24-19-31(17-21-8-4-2-5-9-21)27-25(24)22-10-6-3-7-11-22/h2-11,16,19H,12-15,17-18H2,1H3. The van der Waals surface area contributed by atoms with Crippen molar-refractivity contribution in [2.75, 3.05) is 26.2 Å². The van der Waals surface area contributed by atoms with Gasteiger partial charge in [0.2, 0.25) is 0 Å². The summed E-state index contributed by atoms with van der Waals surface area (Å²) in [6.45, 7) is 6.21. The molecule has 4 aromatic rings. The topological polar surface area (TPSA) is 67.4 Å². The number of benzene rings is 2. The van der Waals surface area contributed by atoms with Crippen molar-refractivity contribution < 1.29 is 9.32 Å². The Morgan fingerprint density at radius 3 is 2.30 bits per heavy atom. The molecule has 1 fully saturated rings. The number of hydrogen-bond acceptors (Lipinski definition) is 5. The van der Waals surface area contributed by atoms with Crippen LogP contribution in [-0.4, -0.2) is 56.8 Å². The highest BCUT2D eigenvalue weighted by Crippen LogP contribution is 2.24. The number of hydrogen-bond donors (Lipinski definition) is 0. The van der Waals surface area contributed by atoms with Crippen LogP contribution in [0.5, 0.6) is 0 Å². The zero-order valence-electron chi connectivity index (χ0n) is 18.7. The lowest BCUT2D eigenvalue weighted by atomic mass is 10.1. The first-order valence-electron chi connectivity index (χ1n) is 11.3. The summed E-state index contributed by atoms with van der Waals surface area (Å²) in [5.41, 5.74) is 4.42. The van der Waals surface area contributed by atoms with Gasteiger partial charge in [0.25, 0.3) is 5.91 Å². The van der Waals surface area contributed by atoms with Gasteiger partial charge in [0.15, 0.2) is 0 Å². The van der Waals surface area contributed by atoms with Gasteiger partial charge in [-0.25, -0.2) is 0 Å². The number of nitrogens with zero attached hydrogens (tertiary/aromatic N) is 5. The molecule has 1 amide bonds. The third-order valence-electron chi connectivity index (χ3n) is 5.95. The van der Waals surface area contributed by atoms with Crippen LogP contribution in [0.25, 0.3) is 11.3 Å². The zero-order chi connectivity index (χ0) is 22.6. The van der Waals surface area contributed by atoms with Crippen molar-refractivity contribution in [1.29, 1.82) is 0 Å². The molecule has 1 saturated heterocycles. The quantitative estimate of drug-likeness (QED) is 0.455. The van der Waals surface area contributed by atoms with Crippen LogP contribution in [0.4, 0.5) is 0 Å². The summed E-state index contributed by atoms with van der Waals surface area (Å²) in [7, 11) is 0. The molecule has 0 saturated carbocycles. The highest BCUT2D eigenvalue weighted by molar-refractivity contribution is 5.99. The van der Waals surface area contributed by atoms with Gasteiger partial charge in [0, 0.05) is 50.6 Å². The maximum Gasteiger partial charge on any atom is 0.257 e. The molecule has 0 radical (unpaired) electrons. The Kier molecular flexibility index (Phi) is 6.04. The summed E-state index contributed by atoms with van der Waals surface area (Å²) in [5.74, 6) is 0.852. The third kappa shape index (κ3) is 4.88. The SMILES string of the molecule is Cc1cc(CN2CCN(C(=O)c3cn(Cc4ccccc4)nc3-c3ccccc3)CC2)no1. The summed E-state index contributed by atoms with van der Waals surface area (Å²) < 4.78 is 7.04. The van der Waals surface area contributed by atoms with Crippen LogP contribution < -0.4 is 0 Å². The number of rotatable bonds is 6. The fourth-order valence-electron chi connectivity index (χ4n) is 4.24. The van der Waals surface area contributed by atoms with E-state index in [-0.39, 0.29) is 5.91 Å². The number of carbonyl (C=O) groups is 1. The van der Waals surface area contributed by atoms with Gasteiger partial charge in [-0.05, 0) is 12.5 Å². The van der Waals surface area contributed by atoms with Crippen molar-refractivity contribution in [2.45, 2.75) is 20.0 Å². The first kappa shape index (κ1) is 21.2. The predicted octanol–water partition coefficient (Wildman–Crippen LogP) is 3.85.